The van der Waals surface area contributed by atoms with Crippen LogP contribution < -0.4 is 20.9 Å². The van der Waals surface area contributed by atoms with Crippen LogP contribution in [0.15, 0.2) is 24.3 Å². The second-order valence-electron chi connectivity index (χ2n) is 7.23. The number of ether oxygens (including phenoxy) is 1. The molecule has 0 radical (unpaired) electrons. The summed E-state index contributed by atoms with van der Waals surface area (Å²) in [5, 5.41) is 2.66. The van der Waals surface area contributed by atoms with Crippen molar-refractivity contribution in [2.45, 2.75) is 13.0 Å². The van der Waals surface area contributed by atoms with Crippen molar-refractivity contribution in [3.05, 3.63) is 24.3 Å². The van der Waals surface area contributed by atoms with Crippen molar-refractivity contribution < 1.29 is 19.1 Å². The summed E-state index contributed by atoms with van der Waals surface area (Å²) in [6, 6.07) is 7.75. The Hall–Kier alpha value is -2.77. The zero-order valence-corrected chi connectivity index (χ0v) is 14.6. The number of anilines is 2. The van der Waals surface area contributed by atoms with Crippen LogP contribution in [0.1, 0.15) is 6.92 Å². The number of nitrogens with one attached hydrogen (secondary N) is 1. The fourth-order valence-corrected chi connectivity index (χ4v) is 4.10. The Bertz CT molecular complexity index is 738. The molecule has 4 rings (SSSR count). The smallest absolute Gasteiger partial charge is 0.414 e. The molecule has 0 aromatic heterocycles. The van der Waals surface area contributed by atoms with Gasteiger partial charge in [-0.25, -0.2) is 4.79 Å². The number of rotatable bonds is 5. The zero-order chi connectivity index (χ0) is 18.4. The summed E-state index contributed by atoms with van der Waals surface area (Å²) in [5.41, 5.74) is 7.24. The minimum absolute atomic E-state index is 0.0467. The number of primary amides is 1. The lowest BCUT2D eigenvalue weighted by Crippen LogP contribution is -2.33. The van der Waals surface area contributed by atoms with Gasteiger partial charge < -0.3 is 20.7 Å². The minimum Gasteiger partial charge on any atom is -0.442 e. The lowest BCUT2D eigenvalue weighted by molar-refractivity contribution is -0.120. The SMILES string of the molecule is CC(=O)NC[C@H]1CN(c2ccc(N3CC4C(C3)C4C(N)=O)cc2)C(=O)O1. The van der Waals surface area contributed by atoms with Crippen LogP contribution in [-0.4, -0.2) is 50.2 Å². The van der Waals surface area contributed by atoms with Gasteiger partial charge in [0, 0.05) is 37.3 Å². The van der Waals surface area contributed by atoms with Crippen LogP contribution in [0.5, 0.6) is 0 Å². The fourth-order valence-electron chi connectivity index (χ4n) is 4.10. The molecule has 3 atom stereocenters. The van der Waals surface area contributed by atoms with Gasteiger partial charge in [-0.05, 0) is 36.1 Å². The molecule has 2 heterocycles. The summed E-state index contributed by atoms with van der Waals surface area (Å²) in [7, 11) is 0. The van der Waals surface area contributed by atoms with Crippen molar-refractivity contribution in [1.82, 2.24) is 5.32 Å². The van der Waals surface area contributed by atoms with Gasteiger partial charge in [0.25, 0.3) is 0 Å². The predicted octanol–water partition coefficient (Wildman–Crippen LogP) is 0.315. The van der Waals surface area contributed by atoms with E-state index in [4.69, 9.17) is 10.5 Å². The number of fused-ring (bicyclic) bond motifs is 1. The fraction of sp³-hybridized carbons (Fsp3) is 0.500. The van der Waals surface area contributed by atoms with Gasteiger partial charge in [0.05, 0.1) is 13.1 Å². The molecule has 2 aliphatic heterocycles. The molecule has 1 saturated carbocycles. The van der Waals surface area contributed by atoms with Crippen LogP contribution in [0.25, 0.3) is 0 Å². The molecule has 3 fully saturated rings. The highest BCUT2D eigenvalue weighted by Crippen LogP contribution is 2.52. The number of hydrogen-bond donors (Lipinski definition) is 2. The molecule has 1 aromatic carbocycles. The van der Waals surface area contributed by atoms with Gasteiger partial charge in [-0.2, -0.15) is 0 Å². The number of hydrogen-bond acceptors (Lipinski definition) is 5. The molecular weight excluding hydrogens is 336 g/mol. The molecule has 2 saturated heterocycles. The molecule has 8 heteroatoms. The highest BCUT2D eigenvalue weighted by Gasteiger charge is 2.58. The summed E-state index contributed by atoms with van der Waals surface area (Å²) in [5.74, 6) is 0.485. The lowest BCUT2D eigenvalue weighted by Gasteiger charge is -2.22. The summed E-state index contributed by atoms with van der Waals surface area (Å²) >= 11 is 0. The first-order chi connectivity index (χ1) is 12.4. The van der Waals surface area contributed by atoms with Crippen molar-refractivity contribution in [3.63, 3.8) is 0 Å². The molecule has 2 unspecified atom stereocenters. The number of nitrogens with zero attached hydrogens (tertiary/aromatic N) is 2. The van der Waals surface area contributed by atoms with Crippen LogP contribution in [0, 0.1) is 17.8 Å². The van der Waals surface area contributed by atoms with Crippen LogP contribution in [-0.2, 0) is 14.3 Å². The Morgan fingerprint density at radius 2 is 1.77 bits per heavy atom. The van der Waals surface area contributed by atoms with E-state index in [-0.39, 0.29) is 23.8 Å². The van der Waals surface area contributed by atoms with Crippen molar-refractivity contribution in [3.8, 4) is 0 Å². The third-order valence-corrected chi connectivity index (χ3v) is 5.50. The second kappa shape index (κ2) is 6.19. The van der Waals surface area contributed by atoms with Gasteiger partial charge >= 0.3 is 6.09 Å². The van der Waals surface area contributed by atoms with E-state index in [1.165, 1.54) is 6.92 Å². The Morgan fingerprint density at radius 3 is 2.35 bits per heavy atom. The molecule has 3 amide bonds. The standard InChI is InChI=1S/C18H22N4O4/c1-10(23)20-6-13-7-22(18(25)26-13)12-4-2-11(3-5-12)21-8-14-15(9-21)16(14)17(19)24/h2-5,13-16H,6-9H2,1H3,(H2,19,24)(H,20,23)/t13-,14?,15?,16?/m0/s1. The molecule has 0 spiro atoms. The maximum absolute atomic E-state index is 12.1. The Labute approximate surface area is 151 Å². The molecule has 0 bridgehead atoms. The first-order valence-electron chi connectivity index (χ1n) is 8.81. The summed E-state index contributed by atoms with van der Waals surface area (Å²) in [4.78, 5) is 38.1. The second-order valence-corrected chi connectivity index (χ2v) is 7.23. The van der Waals surface area contributed by atoms with Crippen LogP contribution in [0.3, 0.4) is 0 Å². The maximum atomic E-state index is 12.1. The quantitative estimate of drug-likeness (QED) is 0.788. The van der Waals surface area contributed by atoms with Crippen molar-refractivity contribution in [2.24, 2.45) is 23.5 Å². The number of carbonyl (C=O) groups excluding carboxylic acids is 3. The number of amides is 3. The zero-order valence-electron chi connectivity index (χ0n) is 14.6. The van der Waals surface area contributed by atoms with E-state index in [1.54, 1.807) is 4.90 Å². The molecule has 138 valence electrons. The largest absolute Gasteiger partial charge is 0.442 e. The molecule has 26 heavy (non-hydrogen) atoms. The lowest BCUT2D eigenvalue weighted by atomic mass is 10.2. The Kier molecular flexibility index (Phi) is 3.97. The molecule has 1 aromatic rings. The average Bonchev–Trinajstić information content (AvgIpc) is 2.93. The van der Waals surface area contributed by atoms with E-state index in [2.05, 4.69) is 10.2 Å². The van der Waals surface area contributed by atoms with E-state index in [1.807, 2.05) is 24.3 Å². The third kappa shape index (κ3) is 2.95. The first-order valence-corrected chi connectivity index (χ1v) is 8.81. The van der Waals surface area contributed by atoms with Crippen LogP contribution in [0.4, 0.5) is 16.2 Å². The topological polar surface area (TPSA) is 105 Å². The summed E-state index contributed by atoms with van der Waals surface area (Å²) in [6.45, 7) is 3.85. The van der Waals surface area contributed by atoms with E-state index in [9.17, 15) is 14.4 Å². The summed E-state index contributed by atoms with van der Waals surface area (Å²) in [6.07, 6.45) is -0.748. The Balaban J connectivity index is 1.36. The number of nitrogens with two attached hydrogens (primary N) is 1. The molecule has 1 aliphatic carbocycles. The number of carbonyl (C=O) groups is 3. The highest BCUT2D eigenvalue weighted by atomic mass is 16.6. The molecule has 3 N–H and O–H groups in total. The van der Waals surface area contributed by atoms with Gasteiger partial charge in [0.1, 0.15) is 6.10 Å². The summed E-state index contributed by atoms with van der Waals surface area (Å²) < 4.78 is 5.28. The van der Waals surface area contributed by atoms with E-state index in [0.717, 1.165) is 24.5 Å². The minimum atomic E-state index is -0.403. The molecule has 3 aliphatic rings. The molecule has 8 nitrogen and oxygen atoms in total. The van der Waals surface area contributed by atoms with Crippen molar-refractivity contribution >= 4 is 29.3 Å². The van der Waals surface area contributed by atoms with Crippen LogP contribution in [0.2, 0.25) is 0 Å². The van der Waals surface area contributed by atoms with Gasteiger partial charge in [0.2, 0.25) is 11.8 Å². The Morgan fingerprint density at radius 1 is 1.15 bits per heavy atom. The number of benzene rings is 1. The van der Waals surface area contributed by atoms with E-state index >= 15 is 0 Å². The van der Waals surface area contributed by atoms with Gasteiger partial charge in [-0.1, -0.05) is 0 Å². The van der Waals surface area contributed by atoms with Crippen molar-refractivity contribution in [1.29, 1.82) is 0 Å². The predicted molar refractivity (Wildman–Crippen MR) is 94.6 cm³/mol. The highest BCUT2D eigenvalue weighted by molar-refractivity contribution is 5.90. The van der Waals surface area contributed by atoms with Crippen LogP contribution >= 0.6 is 0 Å². The average molecular weight is 358 g/mol. The van der Waals surface area contributed by atoms with Gasteiger partial charge in [-0.15, -0.1) is 0 Å². The number of cyclic esters (lactones) is 1. The van der Waals surface area contributed by atoms with E-state index in [0.29, 0.717) is 24.9 Å². The third-order valence-electron chi connectivity index (χ3n) is 5.50. The monoisotopic (exact) mass is 358 g/mol. The van der Waals surface area contributed by atoms with Gasteiger partial charge in [-0.3, -0.25) is 14.5 Å². The van der Waals surface area contributed by atoms with Gasteiger partial charge in [0.15, 0.2) is 0 Å². The normalized spacial score (nSPS) is 29.3. The first kappa shape index (κ1) is 16.7. The van der Waals surface area contributed by atoms with E-state index < -0.39 is 6.09 Å². The number of piperidine rings is 1. The molecular formula is C18H22N4O4. The maximum Gasteiger partial charge on any atom is 0.414 e. The van der Waals surface area contributed by atoms with Crippen molar-refractivity contribution in [2.75, 3.05) is 36.0 Å².